The number of carbonyl (C=O) groups is 1. The molecule has 27 heavy (non-hydrogen) atoms. The van der Waals surface area contributed by atoms with Gasteiger partial charge < -0.3 is 9.84 Å². The maximum Gasteiger partial charge on any atom is 0.335 e. The summed E-state index contributed by atoms with van der Waals surface area (Å²) in [4.78, 5) is 13.2. The van der Waals surface area contributed by atoms with Crippen molar-refractivity contribution in [1.29, 1.82) is 0 Å². The van der Waals surface area contributed by atoms with Gasteiger partial charge in [-0.15, -0.1) is 0 Å². The van der Waals surface area contributed by atoms with E-state index < -0.39 is 21.6 Å². The molecule has 1 aliphatic rings. The monoisotopic (exact) mass is 393 g/mol. The van der Waals surface area contributed by atoms with Crippen LogP contribution in [-0.2, 0) is 21.1 Å². The van der Waals surface area contributed by atoms with Gasteiger partial charge in [0.05, 0.1) is 23.2 Å². The minimum absolute atomic E-state index is 0.0814. The largest absolute Gasteiger partial charge is 0.478 e. The molecule has 1 saturated heterocycles. The second kappa shape index (κ2) is 7.75. The van der Waals surface area contributed by atoms with Crippen molar-refractivity contribution in [1.82, 2.24) is 4.90 Å². The average Bonchev–Trinajstić information content (AvgIpc) is 2.63. The highest BCUT2D eigenvalue weighted by molar-refractivity contribution is 7.90. The van der Waals surface area contributed by atoms with Gasteiger partial charge in [-0.25, -0.2) is 17.6 Å². The van der Waals surface area contributed by atoms with E-state index in [1.54, 1.807) is 24.3 Å². The Labute approximate surface area is 157 Å². The Morgan fingerprint density at radius 2 is 1.96 bits per heavy atom. The van der Waals surface area contributed by atoms with Crippen molar-refractivity contribution in [2.75, 3.05) is 26.0 Å². The zero-order valence-electron chi connectivity index (χ0n) is 14.8. The third-order valence-electron chi connectivity index (χ3n) is 4.52. The maximum absolute atomic E-state index is 14.2. The molecule has 1 heterocycles. The van der Waals surface area contributed by atoms with Crippen molar-refractivity contribution in [3.05, 3.63) is 65.0 Å². The van der Waals surface area contributed by atoms with Gasteiger partial charge in [-0.1, -0.05) is 18.2 Å². The molecule has 6 nitrogen and oxygen atoms in total. The van der Waals surface area contributed by atoms with E-state index in [0.717, 1.165) is 17.9 Å². The summed E-state index contributed by atoms with van der Waals surface area (Å²) in [6.07, 6.45) is 0.916. The fourth-order valence-corrected chi connectivity index (χ4v) is 3.66. The van der Waals surface area contributed by atoms with Crippen molar-refractivity contribution in [3.8, 4) is 0 Å². The van der Waals surface area contributed by atoms with E-state index in [4.69, 9.17) is 9.84 Å². The van der Waals surface area contributed by atoms with E-state index in [2.05, 4.69) is 0 Å². The van der Waals surface area contributed by atoms with Crippen molar-refractivity contribution in [3.63, 3.8) is 0 Å². The van der Waals surface area contributed by atoms with Gasteiger partial charge in [0, 0.05) is 31.5 Å². The van der Waals surface area contributed by atoms with E-state index in [-0.39, 0.29) is 16.6 Å². The van der Waals surface area contributed by atoms with Crippen LogP contribution in [0.25, 0.3) is 0 Å². The normalized spacial score (nSPS) is 18.4. The standard InChI is InChI=1S/C19H20FNO5S/c1-27(24,25)16-6-4-13(5-7-16)18-12-21(8-9-26-18)11-15-3-2-14(19(22)23)10-17(15)20/h2-7,10,18H,8-9,11-12H2,1H3,(H,22,23). The Bertz CT molecular complexity index is 943. The quantitative estimate of drug-likeness (QED) is 0.840. The molecule has 0 bridgehead atoms. The smallest absolute Gasteiger partial charge is 0.335 e. The van der Waals surface area contributed by atoms with Crippen molar-refractivity contribution < 1.29 is 27.4 Å². The maximum atomic E-state index is 14.2. The molecule has 0 spiro atoms. The number of hydrogen-bond donors (Lipinski definition) is 1. The lowest BCUT2D eigenvalue weighted by Crippen LogP contribution is -2.38. The molecule has 0 aliphatic carbocycles. The Balaban J connectivity index is 1.70. The highest BCUT2D eigenvalue weighted by atomic mass is 32.2. The molecule has 2 aromatic rings. The molecule has 1 fully saturated rings. The summed E-state index contributed by atoms with van der Waals surface area (Å²) in [6, 6.07) is 10.5. The first-order valence-corrected chi connectivity index (χ1v) is 10.3. The van der Waals surface area contributed by atoms with E-state index in [9.17, 15) is 17.6 Å². The molecule has 3 rings (SSSR count). The van der Waals surface area contributed by atoms with Gasteiger partial charge in [0.15, 0.2) is 9.84 Å². The number of nitrogens with zero attached hydrogens (tertiary/aromatic N) is 1. The van der Waals surface area contributed by atoms with Crippen molar-refractivity contribution in [2.45, 2.75) is 17.5 Å². The highest BCUT2D eigenvalue weighted by Crippen LogP contribution is 2.25. The topological polar surface area (TPSA) is 83.9 Å². The molecule has 8 heteroatoms. The van der Waals surface area contributed by atoms with Gasteiger partial charge in [0.2, 0.25) is 0 Å². The number of halogens is 1. The summed E-state index contributed by atoms with van der Waals surface area (Å²) >= 11 is 0. The van der Waals surface area contributed by atoms with Gasteiger partial charge in [0.25, 0.3) is 0 Å². The van der Waals surface area contributed by atoms with Crippen LogP contribution in [-0.4, -0.2) is 50.3 Å². The lowest BCUT2D eigenvalue weighted by molar-refractivity contribution is -0.0332. The molecule has 1 atom stereocenters. The summed E-state index contributed by atoms with van der Waals surface area (Å²) in [6.45, 7) is 1.96. The van der Waals surface area contributed by atoms with Crippen LogP contribution < -0.4 is 0 Å². The number of rotatable bonds is 5. The van der Waals surface area contributed by atoms with Gasteiger partial charge in [-0.05, 0) is 29.8 Å². The molecule has 0 saturated carbocycles. The fraction of sp³-hybridized carbons (Fsp3) is 0.316. The molecule has 2 aromatic carbocycles. The van der Waals surface area contributed by atoms with Crippen LogP contribution in [0, 0.1) is 5.82 Å². The van der Waals surface area contributed by atoms with Gasteiger partial charge in [-0.3, -0.25) is 4.90 Å². The second-order valence-corrected chi connectivity index (χ2v) is 8.56. The van der Waals surface area contributed by atoms with E-state index in [1.165, 1.54) is 12.1 Å². The number of morpholine rings is 1. The third kappa shape index (κ3) is 4.71. The fourth-order valence-electron chi connectivity index (χ4n) is 3.03. The molecule has 1 N–H and O–H groups in total. The SMILES string of the molecule is CS(=O)(=O)c1ccc(C2CN(Cc3ccc(C(=O)O)cc3F)CCO2)cc1. The first-order chi connectivity index (χ1) is 12.7. The summed E-state index contributed by atoms with van der Waals surface area (Å²) in [5, 5.41) is 8.92. The van der Waals surface area contributed by atoms with Crippen LogP contribution in [0.4, 0.5) is 4.39 Å². The molecule has 0 amide bonds. The van der Waals surface area contributed by atoms with Crippen molar-refractivity contribution >= 4 is 15.8 Å². The number of sulfone groups is 1. The Hall–Kier alpha value is -2.29. The van der Waals surface area contributed by atoms with E-state index in [0.29, 0.717) is 31.8 Å². The summed E-state index contributed by atoms with van der Waals surface area (Å²) in [7, 11) is -3.25. The van der Waals surface area contributed by atoms with E-state index in [1.807, 2.05) is 4.90 Å². The highest BCUT2D eigenvalue weighted by Gasteiger charge is 2.23. The number of hydrogen-bond acceptors (Lipinski definition) is 5. The predicted octanol–water partition coefficient (Wildman–Crippen LogP) is 2.50. The molecular formula is C19H20FNO5S. The molecule has 1 unspecified atom stereocenters. The molecular weight excluding hydrogens is 373 g/mol. The molecule has 144 valence electrons. The summed E-state index contributed by atoms with van der Waals surface area (Å²) < 4.78 is 43.1. The first-order valence-electron chi connectivity index (χ1n) is 8.40. The first kappa shape index (κ1) is 19.5. The van der Waals surface area contributed by atoms with Crippen LogP contribution >= 0.6 is 0 Å². The number of ether oxygens (including phenoxy) is 1. The zero-order valence-corrected chi connectivity index (χ0v) is 15.6. The predicted molar refractivity (Wildman–Crippen MR) is 96.9 cm³/mol. The van der Waals surface area contributed by atoms with E-state index >= 15 is 0 Å². The van der Waals surface area contributed by atoms with Crippen LogP contribution in [0.3, 0.4) is 0 Å². The molecule has 0 radical (unpaired) electrons. The minimum atomic E-state index is -3.25. The Kier molecular flexibility index (Phi) is 5.59. The van der Waals surface area contributed by atoms with Gasteiger partial charge in [-0.2, -0.15) is 0 Å². The van der Waals surface area contributed by atoms with Crippen LogP contribution in [0.15, 0.2) is 47.4 Å². The average molecular weight is 393 g/mol. The van der Waals surface area contributed by atoms with Gasteiger partial charge in [0.1, 0.15) is 5.82 Å². The molecule has 0 aromatic heterocycles. The minimum Gasteiger partial charge on any atom is -0.478 e. The number of aromatic carboxylic acids is 1. The lowest BCUT2D eigenvalue weighted by Gasteiger charge is -2.33. The Morgan fingerprint density at radius 1 is 1.26 bits per heavy atom. The molecule has 1 aliphatic heterocycles. The number of carboxylic acid groups (broad SMARTS) is 1. The second-order valence-electron chi connectivity index (χ2n) is 6.55. The van der Waals surface area contributed by atoms with Crippen LogP contribution in [0.1, 0.15) is 27.6 Å². The summed E-state index contributed by atoms with van der Waals surface area (Å²) in [5.41, 5.74) is 1.20. The van der Waals surface area contributed by atoms with Crippen molar-refractivity contribution in [2.24, 2.45) is 0 Å². The lowest BCUT2D eigenvalue weighted by atomic mass is 10.1. The summed E-state index contributed by atoms with van der Waals surface area (Å²) in [5.74, 6) is -1.71. The number of carboxylic acids is 1. The Morgan fingerprint density at radius 3 is 2.56 bits per heavy atom. The van der Waals surface area contributed by atoms with Gasteiger partial charge >= 0.3 is 5.97 Å². The third-order valence-corrected chi connectivity index (χ3v) is 5.65. The van der Waals surface area contributed by atoms with Crippen LogP contribution in [0.5, 0.6) is 0 Å². The van der Waals surface area contributed by atoms with Crippen LogP contribution in [0.2, 0.25) is 0 Å². The zero-order chi connectivity index (χ0) is 19.6. The number of benzene rings is 2.